The Morgan fingerprint density at radius 2 is 1.89 bits per heavy atom. The van der Waals surface area contributed by atoms with Gasteiger partial charge in [-0.3, -0.25) is 4.90 Å². The number of aldehydes is 1. The zero-order valence-electron chi connectivity index (χ0n) is 16.4. The van der Waals surface area contributed by atoms with Gasteiger partial charge in [0.05, 0.1) is 13.2 Å². The van der Waals surface area contributed by atoms with Crippen LogP contribution >= 0.6 is 0 Å². The van der Waals surface area contributed by atoms with Crippen molar-refractivity contribution in [2.75, 3.05) is 26.3 Å². The quantitative estimate of drug-likeness (QED) is 0.800. The molecule has 2 aromatic carbocycles. The average molecular weight is 378 g/mol. The number of nitrogens with zero attached hydrogens (tertiary/aromatic N) is 1. The molecule has 2 aliphatic heterocycles. The van der Waals surface area contributed by atoms with E-state index < -0.39 is 0 Å². The second-order valence-corrected chi connectivity index (χ2v) is 7.63. The monoisotopic (exact) mass is 378 g/mol. The molecule has 0 aliphatic carbocycles. The van der Waals surface area contributed by atoms with E-state index in [9.17, 15) is 9.90 Å². The number of nitrogens with one attached hydrogen (secondary N) is 1. The molecule has 0 aromatic heterocycles. The number of phenolic OH excluding ortho intramolecular Hbond substituents is 1. The zero-order chi connectivity index (χ0) is 19.7. The van der Waals surface area contributed by atoms with Crippen LogP contribution in [0.4, 0.5) is 0 Å². The van der Waals surface area contributed by atoms with E-state index in [1.165, 1.54) is 5.56 Å². The first-order chi connectivity index (χ1) is 13.5. The molecule has 0 radical (unpaired) electrons. The molecule has 1 fully saturated rings. The molecule has 1 saturated heterocycles. The summed E-state index contributed by atoms with van der Waals surface area (Å²) in [5.74, 6) is 0.320. The number of carbonyl (C=O) groups is 1. The zero-order valence-corrected chi connectivity index (χ0v) is 16.4. The molecule has 1 unspecified atom stereocenters. The third kappa shape index (κ3) is 3.68. The van der Waals surface area contributed by atoms with Crippen molar-refractivity contribution in [1.29, 1.82) is 0 Å². The van der Waals surface area contributed by atoms with Crippen LogP contribution < -0.4 is 5.32 Å². The Morgan fingerprint density at radius 3 is 2.57 bits per heavy atom. The Balaban J connectivity index is 1.65. The number of carbonyl (C=O) groups excluding carboxylic acids is 1. The lowest BCUT2D eigenvalue weighted by molar-refractivity contribution is -0.109. The van der Waals surface area contributed by atoms with Crippen LogP contribution in [0, 0.1) is 13.8 Å². The molecular formula is C23H26N2O3. The number of benzene rings is 2. The van der Waals surface area contributed by atoms with Gasteiger partial charge in [-0.2, -0.15) is 0 Å². The van der Waals surface area contributed by atoms with E-state index in [4.69, 9.17) is 4.74 Å². The van der Waals surface area contributed by atoms with Gasteiger partial charge in [0, 0.05) is 25.3 Å². The van der Waals surface area contributed by atoms with Crippen molar-refractivity contribution >= 4 is 18.1 Å². The van der Waals surface area contributed by atoms with E-state index in [-0.39, 0.29) is 6.04 Å². The van der Waals surface area contributed by atoms with Crippen molar-refractivity contribution in [2.45, 2.75) is 26.4 Å². The maximum absolute atomic E-state index is 11.8. The van der Waals surface area contributed by atoms with Crippen LogP contribution in [-0.2, 0) is 16.1 Å². The second kappa shape index (κ2) is 7.78. The fraction of sp³-hybridized carbons (Fsp3) is 0.348. The molecule has 2 aromatic rings. The van der Waals surface area contributed by atoms with Crippen LogP contribution in [0.15, 0.2) is 30.3 Å². The van der Waals surface area contributed by atoms with E-state index >= 15 is 0 Å². The van der Waals surface area contributed by atoms with Gasteiger partial charge in [-0.1, -0.05) is 18.2 Å². The number of fused-ring (bicyclic) bond motifs is 1. The summed E-state index contributed by atoms with van der Waals surface area (Å²) < 4.78 is 5.42. The number of phenols is 1. The Hall–Kier alpha value is -2.63. The summed E-state index contributed by atoms with van der Waals surface area (Å²) in [5, 5.41) is 13.4. The van der Waals surface area contributed by atoms with Crippen LogP contribution in [0.1, 0.15) is 39.4 Å². The Bertz CT molecular complexity index is 906. The lowest BCUT2D eigenvalue weighted by Crippen LogP contribution is -2.35. The van der Waals surface area contributed by atoms with Crippen molar-refractivity contribution in [3.8, 4) is 5.75 Å². The van der Waals surface area contributed by atoms with Gasteiger partial charge in [0.2, 0.25) is 0 Å². The van der Waals surface area contributed by atoms with Crippen LogP contribution in [0.2, 0.25) is 0 Å². The number of aromatic hydroxyl groups is 1. The summed E-state index contributed by atoms with van der Waals surface area (Å²) in [5.41, 5.74) is 6.80. The Morgan fingerprint density at radius 1 is 1.18 bits per heavy atom. The molecule has 0 spiro atoms. The molecule has 0 bridgehead atoms. The van der Waals surface area contributed by atoms with Crippen molar-refractivity contribution in [3.05, 3.63) is 63.7 Å². The molecule has 1 atom stereocenters. The lowest BCUT2D eigenvalue weighted by atomic mass is 9.91. The predicted octanol–water partition coefficient (Wildman–Crippen LogP) is 3.18. The van der Waals surface area contributed by atoms with E-state index in [0.717, 1.165) is 72.6 Å². The SMILES string of the molecule is Cc1cc(C2=Cc3ccc(CN4CCOCC4)cc3C(C=O)N2)cc(C)c1O. The van der Waals surface area contributed by atoms with Crippen molar-refractivity contribution < 1.29 is 14.6 Å². The molecule has 28 heavy (non-hydrogen) atoms. The van der Waals surface area contributed by atoms with E-state index in [0.29, 0.717) is 5.75 Å². The number of aryl methyl sites for hydroxylation is 2. The highest BCUT2D eigenvalue weighted by Crippen LogP contribution is 2.33. The standard InChI is InChI=1S/C23H26N2O3/c1-15-9-19(10-16(2)23(15)27)21-12-18-4-3-17(11-20(18)22(14-26)24-21)13-25-5-7-28-8-6-25/h3-4,9-12,14,22,24,27H,5-8,13H2,1-2H3. The van der Waals surface area contributed by atoms with Gasteiger partial charge in [-0.05, 0) is 65.4 Å². The highest BCUT2D eigenvalue weighted by molar-refractivity contribution is 5.87. The smallest absolute Gasteiger partial charge is 0.146 e. The molecule has 0 saturated carbocycles. The molecule has 2 N–H and O–H groups in total. The van der Waals surface area contributed by atoms with Crippen molar-refractivity contribution in [3.63, 3.8) is 0 Å². The van der Waals surface area contributed by atoms with Crippen LogP contribution in [0.25, 0.3) is 11.8 Å². The first kappa shape index (κ1) is 18.7. The molecule has 5 nitrogen and oxygen atoms in total. The van der Waals surface area contributed by atoms with Gasteiger partial charge in [-0.25, -0.2) is 0 Å². The maximum Gasteiger partial charge on any atom is 0.146 e. The molecule has 0 amide bonds. The van der Waals surface area contributed by atoms with Gasteiger partial charge in [-0.15, -0.1) is 0 Å². The van der Waals surface area contributed by atoms with Gasteiger partial charge >= 0.3 is 0 Å². The lowest BCUT2D eigenvalue weighted by Gasteiger charge is -2.28. The summed E-state index contributed by atoms with van der Waals surface area (Å²) >= 11 is 0. The topological polar surface area (TPSA) is 61.8 Å². The average Bonchev–Trinajstić information content (AvgIpc) is 2.71. The molecule has 4 rings (SSSR count). The fourth-order valence-corrected chi connectivity index (χ4v) is 3.97. The highest BCUT2D eigenvalue weighted by Gasteiger charge is 2.22. The molecule has 146 valence electrons. The minimum absolute atomic E-state index is 0.320. The van der Waals surface area contributed by atoms with Gasteiger partial charge in [0.1, 0.15) is 18.1 Å². The molecule has 2 aliphatic rings. The molecule has 5 heteroatoms. The minimum Gasteiger partial charge on any atom is -0.507 e. The predicted molar refractivity (Wildman–Crippen MR) is 110 cm³/mol. The summed E-state index contributed by atoms with van der Waals surface area (Å²) in [4.78, 5) is 14.2. The van der Waals surface area contributed by atoms with E-state index in [1.54, 1.807) is 0 Å². The highest BCUT2D eigenvalue weighted by atomic mass is 16.5. The number of hydrogen-bond donors (Lipinski definition) is 2. The van der Waals surface area contributed by atoms with Gasteiger partial charge in [0.15, 0.2) is 0 Å². The van der Waals surface area contributed by atoms with Gasteiger partial charge in [0.25, 0.3) is 0 Å². The Kier molecular flexibility index (Phi) is 5.20. The summed E-state index contributed by atoms with van der Waals surface area (Å²) in [6.07, 6.45) is 3.05. The van der Waals surface area contributed by atoms with E-state index in [1.807, 2.05) is 26.0 Å². The number of morpholine rings is 1. The largest absolute Gasteiger partial charge is 0.507 e. The van der Waals surface area contributed by atoms with E-state index in [2.05, 4.69) is 34.5 Å². The normalized spacial score (nSPS) is 19.5. The van der Waals surface area contributed by atoms with Gasteiger partial charge < -0.3 is 20.0 Å². The number of rotatable bonds is 4. The van der Waals surface area contributed by atoms with Crippen molar-refractivity contribution in [1.82, 2.24) is 10.2 Å². The maximum atomic E-state index is 11.8. The van der Waals surface area contributed by atoms with Crippen molar-refractivity contribution in [2.24, 2.45) is 0 Å². The first-order valence-electron chi connectivity index (χ1n) is 9.72. The fourth-order valence-electron chi connectivity index (χ4n) is 3.97. The van der Waals surface area contributed by atoms with Crippen LogP contribution in [0.3, 0.4) is 0 Å². The van der Waals surface area contributed by atoms with Crippen LogP contribution in [0.5, 0.6) is 5.75 Å². The number of hydrogen-bond acceptors (Lipinski definition) is 5. The molecule has 2 heterocycles. The Labute approximate surface area is 165 Å². The third-order valence-electron chi connectivity index (χ3n) is 5.55. The number of ether oxygens (including phenoxy) is 1. The van der Waals surface area contributed by atoms with Crippen LogP contribution in [-0.4, -0.2) is 42.6 Å². The third-order valence-corrected chi connectivity index (χ3v) is 5.55. The minimum atomic E-state index is -0.381. The summed E-state index contributed by atoms with van der Waals surface area (Å²) in [7, 11) is 0. The summed E-state index contributed by atoms with van der Waals surface area (Å²) in [6, 6.07) is 9.89. The second-order valence-electron chi connectivity index (χ2n) is 7.63. The molecular weight excluding hydrogens is 352 g/mol. The first-order valence-corrected chi connectivity index (χ1v) is 9.72. The summed E-state index contributed by atoms with van der Waals surface area (Å²) in [6.45, 7) is 8.08.